The molecule has 0 bridgehead atoms. The van der Waals surface area contributed by atoms with Crippen LogP contribution in [-0.2, 0) is 4.74 Å². The SMILES string of the molecule is Oc1cc(-c2ncc3c(N4CCOCC(O)C4)nc(OCC45CCCC4N(C4CC4)CCC5)nc3c2F)c2c(F)c(F)ccc2c1. The zero-order valence-electron chi connectivity index (χ0n) is 25.4. The fourth-order valence-electron chi connectivity index (χ4n) is 8.06. The van der Waals surface area contributed by atoms with Crippen molar-refractivity contribution in [3.8, 4) is 23.0 Å². The molecule has 9 nitrogen and oxygen atoms in total. The smallest absolute Gasteiger partial charge is 0.319 e. The van der Waals surface area contributed by atoms with E-state index in [1.807, 2.05) is 0 Å². The lowest BCUT2D eigenvalue weighted by atomic mass is 9.75. The highest BCUT2D eigenvalue weighted by Crippen LogP contribution is 2.51. The average Bonchev–Trinajstić information content (AvgIpc) is 3.84. The molecule has 46 heavy (non-hydrogen) atoms. The molecule has 0 spiro atoms. The van der Waals surface area contributed by atoms with Gasteiger partial charge in [-0.1, -0.05) is 12.5 Å². The van der Waals surface area contributed by atoms with Crippen molar-refractivity contribution in [3.63, 3.8) is 0 Å². The summed E-state index contributed by atoms with van der Waals surface area (Å²) in [6.07, 6.45) is 8.55. The Balaban J connectivity index is 1.24. The quantitative estimate of drug-likeness (QED) is 0.291. The molecule has 3 unspecified atom stereocenters. The standard InChI is InChI=1S/C34H36F3N5O4/c35-25-7-4-19-13-21(43)14-23(27(19)28(25)36)30-29(37)31-24(15-38-30)32(41-11-12-45-17-22(44)16-41)40-33(39-31)46-18-34-8-1-3-26(34)42(10-2-9-34)20-5-6-20/h4,7,13-15,20,22,26,43-44H,1-3,5-6,8-12,16-18H2. The Morgan fingerprint density at radius 3 is 2.72 bits per heavy atom. The Bertz CT molecular complexity index is 1820. The Morgan fingerprint density at radius 1 is 1.02 bits per heavy atom. The summed E-state index contributed by atoms with van der Waals surface area (Å²) in [5, 5.41) is 21.2. The molecule has 2 saturated carbocycles. The molecule has 242 valence electrons. The van der Waals surface area contributed by atoms with E-state index in [-0.39, 0.29) is 63.3 Å². The number of aliphatic hydroxyl groups excluding tert-OH is 1. The van der Waals surface area contributed by atoms with Gasteiger partial charge in [-0.15, -0.1) is 0 Å². The number of ether oxygens (including phenoxy) is 2. The van der Waals surface area contributed by atoms with Crippen LogP contribution in [-0.4, -0.2) is 87.7 Å². The van der Waals surface area contributed by atoms with Crippen LogP contribution in [0.1, 0.15) is 44.9 Å². The van der Waals surface area contributed by atoms with Gasteiger partial charge < -0.3 is 24.6 Å². The molecule has 4 fully saturated rings. The molecular formula is C34H36F3N5O4. The number of hydrogen-bond donors (Lipinski definition) is 2. The van der Waals surface area contributed by atoms with Crippen molar-refractivity contribution in [2.45, 2.75) is 63.1 Å². The van der Waals surface area contributed by atoms with E-state index >= 15 is 8.78 Å². The highest BCUT2D eigenvalue weighted by Gasteiger charge is 2.51. The normalized spacial score (nSPS) is 25.6. The van der Waals surface area contributed by atoms with E-state index in [4.69, 9.17) is 14.5 Å². The second-order valence-electron chi connectivity index (χ2n) is 13.3. The van der Waals surface area contributed by atoms with E-state index in [1.165, 1.54) is 31.2 Å². The number of anilines is 1. The molecule has 4 aromatic rings. The highest BCUT2D eigenvalue weighted by molar-refractivity contribution is 6.00. The molecule has 2 aromatic carbocycles. The van der Waals surface area contributed by atoms with Crippen molar-refractivity contribution < 1.29 is 32.9 Å². The molecule has 2 N–H and O–H groups in total. The van der Waals surface area contributed by atoms with Crippen molar-refractivity contribution in [3.05, 3.63) is 47.9 Å². The average molecular weight is 636 g/mol. The van der Waals surface area contributed by atoms with Crippen molar-refractivity contribution in [2.24, 2.45) is 5.41 Å². The number of phenols is 1. The Kier molecular flexibility index (Phi) is 7.41. The highest BCUT2D eigenvalue weighted by atomic mass is 19.2. The van der Waals surface area contributed by atoms with Gasteiger partial charge in [-0.25, -0.2) is 13.2 Å². The van der Waals surface area contributed by atoms with Crippen molar-refractivity contribution in [1.29, 1.82) is 0 Å². The first kappa shape index (κ1) is 29.6. The van der Waals surface area contributed by atoms with Crippen molar-refractivity contribution in [1.82, 2.24) is 19.9 Å². The summed E-state index contributed by atoms with van der Waals surface area (Å²) in [4.78, 5) is 18.1. The number of phenolic OH excluding ortho intramolecular Hbond substituents is 1. The van der Waals surface area contributed by atoms with Gasteiger partial charge in [0.1, 0.15) is 22.8 Å². The maximum absolute atomic E-state index is 16.7. The van der Waals surface area contributed by atoms with Gasteiger partial charge in [0.25, 0.3) is 0 Å². The van der Waals surface area contributed by atoms with Crippen molar-refractivity contribution in [2.75, 3.05) is 44.4 Å². The summed E-state index contributed by atoms with van der Waals surface area (Å²) in [7, 11) is 0. The largest absolute Gasteiger partial charge is 0.508 e. The van der Waals surface area contributed by atoms with Crippen LogP contribution in [0.2, 0.25) is 0 Å². The van der Waals surface area contributed by atoms with E-state index in [2.05, 4.69) is 14.9 Å². The van der Waals surface area contributed by atoms with Crippen LogP contribution in [0.25, 0.3) is 32.9 Å². The molecule has 2 aliphatic carbocycles. The predicted molar refractivity (Wildman–Crippen MR) is 165 cm³/mol. The lowest BCUT2D eigenvalue weighted by molar-refractivity contribution is -0.00466. The molecule has 4 aliphatic rings. The first-order valence-corrected chi connectivity index (χ1v) is 16.2. The van der Waals surface area contributed by atoms with Gasteiger partial charge >= 0.3 is 6.01 Å². The summed E-state index contributed by atoms with van der Waals surface area (Å²) >= 11 is 0. The van der Waals surface area contributed by atoms with E-state index in [0.717, 1.165) is 50.8 Å². The fraction of sp³-hybridized carbons (Fsp3) is 0.500. The van der Waals surface area contributed by atoms with Gasteiger partial charge in [-0.3, -0.25) is 9.88 Å². The van der Waals surface area contributed by atoms with Crippen LogP contribution in [0.5, 0.6) is 11.8 Å². The molecular weight excluding hydrogens is 599 g/mol. The molecule has 0 radical (unpaired) electrons. The minimum absolute atomic E-state index is 0.000215. The van der Waals surface area contributed by atoms with Gasteiger partial charge in [0.15, 0.2) is 17.5 Å². The molecule has 2 aromatic heterocycles. The van der Waals surface area contributed by atoms with Crippen LogP contribution in [0.4, 0.5) is 19.0 Å². The van der Waals surface area contributed by atoms with Gasteiger partial charge in [0.05, 0.1) is 31.3 Å². The van der Waals surface area contributed by atoms with Crippen LogP contribution in [0, 0.1) is 22.9 Å². The van der Waals surface area contributed by atoms with Crippen LogP contribution >= 0.6 is 0 Å². The third-order valence-corrected chi connectivity index (χ3v) is 10.3. The fourth-order valence-corrected chi connectivity index (χ4v) is 8.06. The van der Waals surface area contributed by atoms with Gasteiger partial charge in [0, 0.05) is 47.7 Å². The van der Waals surface area contributed by atoms with Gasteiger partial charge in [-0.05, 0) is 68.7 Å². The van der Waals surface area contributed by atoms with Crippen LogP contribution in [0.3, 0.4) is 0 Å². The number of pyridine rings is 1. The molecule has 0 amide bonds. The number of benzene rings is 2. The molecule has 8 rings (SSSR count). The molecule has 2 aliphatic heterocycles. The third-order valence-electron chi connectivity index (χ3n) is 10.3. The van der Waals surface area contributed by atoms with Crippen LogP contribution in [0.15, 0.2) is 30.5 Å². The van der Waals surface area contributed by atoms with Gasteiger partial charge in [0.2, 0.25) is 0 Å². The second kappa shape index (κ2) is 11.5. The number of hydrogen-bond acceptors (Lipinski definition) is 9. The summed E-state index contributed by atoms with van der Waals surface area (Å²) in [6.45, 7) is 2.58. The number of aliphatic hydroxyl groups is 1. The topological polar surface area (TPSA) is 104 Å². The minimum atomic E-state index is -1.17. The molecule has 2 saturated heterocycles. The predicted octanol–water partition coefficient (Wildman–Crippen LogP) is 5.34. The molecule has 4 heterocycles. The maximum Gasteiger partial charge on any atom is 0.319 e. The first-order valence-electron chi connectivity index (χ1n) is 16.2. The lowest BCUT2D eigenvalue weighted by Gasteiger charge is -2.46. The molecule has 12 heteroatoms. The number of aromatic nitrogens is 3. The zero-order chi connectivity index (χ0) is 31.6. The minimum Gasteiger partial charge on any atom is -0.508 e. The number of halogens is 3. The third kappa shape index (κ3) is 5.10. The van der Waals surface area contributed by atoms with E-state index in [0.29, 0.717) is 37.7 Å². The Hall–Kier alpha value is -3.74. The number of fused-ring (bicyclic) bond motifs is 3. The monoisotopic (exact) mass is 635 g/mol. The van der Waals surface area contributed by atoms with E-state index in [1.54, 1.807) is 4.90 Å². The Labute approximate surface area is 264 Å². The summed E-state index contributed by atoms with van der Waals surface area (Å²) < 4.78 is 58.1. The first-order chi connectivity index (χ1) is 22.3. The van der Waals surface area contributed by atoms with E-state index < -0.39 is 23.6 Å². The number of rotatable bonds is 6. The zero-order valence-corrected chi connectivity index (χ0v) is 25.4. The molecule has 3 atom stereocenters. The lowest BCUT2D eigenvalue weighted by Crippen LogP contribution is -2.52. The van der Waals surface area contributed by atoms with E-state index in [9.17, 15) is 14.6 Å². The maximum atomic E-state index is 16.7. The van der Waals surface area contributed by atoms with Crippen LogP contribution < -0.4 is 9.64 Å². The number of aromatic hydroxyl groups is 1. The van der Waals surface area contributed by atoms with Gasteiger partial charge in [-0.2, -0.15) is 9.97 Å². The number of piperidine rings is 1. The number of nitrogens with zero attached hydrogens (tertiary/aromatic N) is 5. The summed E-state index contributed by atoms with van der Waals surface area (Å²) in [6, 6.07) is 5.82. The second-order valence-corrected chi connectivity index (χ2v) is 13.3. The summed E-state index contributed by atoms with van der Waals surface area (Å²) in [5.41, 5.74) is -0.547. The van der Waals surface area contributed by atoms with Crippen molar-refractivity contribution >= 4 is 27.5 Å². The number of likely N-dealkylation sites (tertiary alicyclic amines) is 1. The Morgan fingerprint density at radius 2 is 1.87 bits per heavy atom. The summed E-state index contributed by atoms with van der Waals surface area (Å²) in [5.74, 6) is -3.07. The number of β-amino-alcohol motifs (C(OH)–C–C–N with tert-alkyl or cyclic N) is 1.